The fourth-order valence-corrected chi connectivity index (χ4v) is 9.49. The zero-order valence-corrected chi connectivity index (χ0v) is 20.6. The molecule has 4 aliphatic carbocycles. The highest BCUT2D eigenvalue weighted by Gasteiger charge is 2.64. The lowest BCUT2D eigenvalue weighted by molar-refractivity contribution is -0.0798. The molecule has 0 nitrogen and oxygen atoms in total. The van der Waals surface area contributed by atoms with Crippen LogP contribution in [0.1, 0.15) is 113 Å². The van der Waals surface area contributed by atoms with Crippen molar-refractivity contribution in [2.45, 2.75) is 113 Å². The molecule has 0 saturated heterocycles. The minimum absolute atomic E-state index is 0.449. The molecule has 0 heterocycles. The first-order chi connectivity index (χ1) is 13.6. The van der Waals surface area contributed by atoms with Crippen LogP contribution in [-0.2, 0) is 0 Å². The van der Waals surface area contributed by atoms with E-state index < -0.39 is 0 Å². The molecule has 3 saturated carbocycles. The van der Waals surface area contributed by atoms with E-state index in [9.17, 15) is 0 Å². The molecular weight excluding hydrogens is 348 g/mol. The Kier molecular flexibility index (Phi) is 5.44. The third-order valence-corrected chi connectivity index (χ3v) is 11.4. The van der Waals surface area contributed by atoms with Gasteiger partial charge in [0.2, 0.25) is 0 Å². The summed E-state index contributed by atoms with van der Waals surface area (Å²) in [5.74, 6) is 3.52. The number of hydrogen-bond acceptors (Lipinski definition) is 0. The number of allylic oxidation sites excluding steroid dienone is 4. The maximum Gasteiger partial charge on any atom is -0.00568 e. The smallest absolute Gasteiger partial charge is 0.00568 e. The molecular formula is C29H48. The lowest BCUT2D eigenvalue weighted by atomic mass is 9.41. The van der Waals surface area contributed by atoms with Gasteiger partial charge in [-0.05, 0) is 110 Å². The molecule has 3 fully saturated rings. The monoisotopic (exact) mass is 396 g/mol. The fraction of sp³-hybridized carbons (Fsp3) is 0.862. The molecule has 164 valence electrons. The Hall–Kier alpha value is -0.520. The summed E-state index contributed by atoms with van der Waals surface area (Å²) in [6.45, 7) is 18.0. The number of fused-ring (bicyclic) bond motifs is 5. The van der Waals surface area contributed by atoms with E-state index in [4.69, 9.17) is 0 Å². The number of rotatable bonds is 4. The second-order valence-electron chi connectivity index (χ2n) is 12.9. The molecule has 4 rings (SSSR count). The standard InChI is InChI=1S/C29H48/c1-8-9-10-12-21(2)22-15-19-29(7)24-13-14-25-26(3,4)17-11-18-27(25,5)23(24)16-20-28(22,29)6/h8-9,13,21-23,25H,10-12,14-20H2,1-7H3/b9-8-/t21-,22+,23+,25+,27-,28+,29-/m1/s1. The zero-order valence-electron chi connectivity index (χ0n) is 20.6. The van der Waals surface area contributed by atoms with Gasteiger partial charge in [-0.15, -0.1) is 0 Å². The summed E-state index contributed by atoms with van der Waals surface area (Å²) in [6.07, 6.45) is 21.6. The third-order valence-electron chi connectivity index (χ3n) is 11.4. The fourth-order valence-electron chi connectivity index (χ4n) is 9.49. The van der Waals surface area contributed by atoms with E-state index in [1.54, 1.807) is 0 Å². The molecule has 0 bridgehead atoms. The summed E-state index contributed by atoms with van der Waals surface area (Å²) >= 11 is 0. The van der Waals surface area contributed by atoms with Crippen LogP contribution in [0.25, 0.3) is 0 Å². The van der Waals surface area contributed by atoms with Gasteiger partial charge in [0, 0.05) is 0 Å². The van der Waals surface area contributed by atoms with Gasteiger partial charge < -0.3 is 0 Å². The van der Waals surface area contributed by atoms with Crippen LogP contribution >= 0.6 is 0 Å². The van der Waals surface area contributed by atoms with E-state index in [1.165, 1.54) is 64.2 Å². The van der Waals surface area contributed by atoms with Crippen LogP contribution in [0.4, 0.5) is 0 Å². The Labute approximate surface area is 182 Å². The molecule has 4 aliphatic rings. The van der Waals surface area contributed by atoms with Gasteiger partial charge in [0.25, 0.3) is 0 Å². The zero-order chi connectivity index (χ0) is 21.1. The van der Waals surface area contributed by atoms with Crippen LogP contribution in [0, 0.1) is 45.3 Å². The predicted octanol–water partition coefficient (Wildman–Crippen LogP) is 8.97. The predicted molar refractivity (Wildman–Crippen MR) is 127 cm³/mol. The van der Waals surface area contributed by atoms with E-state index >= 15 is 0 Å². The van der Waals surface area contributed by atoms with Gasteiger partial charge in [0.15, 0.2) is 0 Å². The normalized spacial score (nSPS) is 47.3. The molecule has 0 aromatic carbocycles. The van der Waals surface area contributed by atoms with Crippen molar-refractivity contribution >= 4 is 0 Å². The van der Waals surface area contributed by atoms with Crippen molar-refractivity contribution in [3.05, 3.63) is 23.8 Å². The van der Waals surface area contributed by atoms with Crippen LogP contribution in [0.15, 0.2) is 23.8 Å². The highest BCUT2D eigenvalue weighted by Crippen LogP contribution is 2.73. The molecule has 0 spiro atoms. The molecule has 0 aliphatic heterocycles. The van der Waals surface area contributed by atoms with Crippen molar-refractivity contribution in [2.24, 2.45) is 45.3 Å². The second kappa shape index (κ2) is 7.27. The van der Waals surface area contributed by atoms with Crippen molar-refractivity contribution in [1.82, 2.24) is 0 Å². The van der Waals surface area contributed by atoms with E-state index in [1.807, 2.05) is 5.57 Å². The van der Waals surface area contributed by atoms with Crippen LogP contribution in [0.3, 0.4) is 0 Å². The SMILES string of the molecule is C/C=C\CC[C@@H](C)[C@@H]1CC[C@]2(C)C3=CC[C@H]4C(C)(C)CCC[C@]4(C)[C@H]3CC[C@@]12C. The first kappa shape index (κ1) is 21.7. The lowest BCUT2D eigenvalue weighted by Gasteiger charge is -2.63. The average molecular weight is 397 g/mol. The van der Waals surface area contributed by atoms with Crippen molar-refractivity contribution in [3.8, 4) is 0 Å². The molecule has 0 aromatic heterocycles. The summed E-state index contributed by atoms with van der Waals surface area (Å²) in [6, 6.07) is 0. The molecule has 29 heavy (non-hydrogen) atoms. The quantitative estimate of drug-likeness (QED) is 0.416. The number of hydrogen-bond donors (Lipinski definition) is 0. The highest BCUT2D eigenvalue weighted by atomic mass is 14.7. The van der Waals surface area contributed by atoms with E-state index in [2.05, 4.69) is 66.7 Å². The molecule has 7 atom stereocenters. The van der Waals surface area contributed by atoms with Gasteiger partial charge in [0.05, 0.1) is 0 Å². The van der Waals surface area contributed by atoms with Gasteiger partial charge in [-0.2, -0.15) is 0 Å². The van der Waals surface area contributed by atoms with Gasteiger partial charge >= 0.3 is 0 Å². The summed E-state index contributed by atoms with van der Waals surface area (Å²) < 4.78 is 0. The maximum atomic E-state index is 2.80. The van der Waals surface area contributed by atoms with Crippen molar-refractivity contribution in [1.29, 1.82) is 0 Å². The summed E-state index contributed by atoms with van der Waals surface area (Å²) in [5.41, 5.74) is 3.95. The van der Waals surface area contributed by atoms with Crippen molar-refractivity contribution in [2.75, 3.05) is 0 Å². The lowest BCUT2D eigenvalue weighted by Crippen LogP contribution is -2.55. The highest BCUT2D eigenvalue weighted by molar-refractivity contribution is 5.33. The Balaban J connectivity index is 1.64. The van der Waals surface area contributed by atoms with Crippen LogP contribution in [-0.4, -0.2) is 0 Å². The van der Waals surface area contributed by atoms with Crippen molar-refractivity contribution < 1.29 is 0 Å². The molecule has 0 N–H and O–H groups in total. The van der Waals surface area contributed by atoms with E-state index in [0.717, 1.165) is 23.7 Å². The topological polar surface area (TPSA) is 0 Å². The Morgan fingerprint density at radius 1 is 1.03 bits per heavy atom. The second-order valence-corrected chi connectivity index (χ2v) is 12.9. The minimum Gasteiger partial charge on any atom is -0.0917 e. The molecule has 0 heteroatoms. The third kappa shape index (κ3) is 3.05. The average Bonchev–Trinajstić information content (AvgIpc) is 2.93. The first-order valence-corrected chi connectivity index (χ1v) is 12.9. The Bertz CT molecular complexity index is 680. The Morgan fingerprint density at radius 3 is 2.52 bits per heavy atom. The van der Waals surface area contributed by atoms with Gasteiger partial charge in [0.1, 0.15) is 0 Å². The van der Waals surface area contributed by atoms with Gasteiger partial charge in [-0.1, -0.05) is 71.8 Å². The van der Waals surface area contributed by atoms with Crippen LogP contribution < -0.4 is 0 Å². The molecule has 0 unspecified atom stereocenters. The molecule has 0 radical (unpaired) electrons. The van der Waals surface area contributed by atoms with E-state index in [-0.39, 0.29) is 0 Å². The largest absolute Gasteiger partial charge is 0.0917 e. The van der Waals surface area contributed by atoms with Gasteiger partial charge in [-0.3, -0.25) is 0 Å². The van der Waals surface area contributed by atoms with Crippen LogP contribution in [0.5, 0.6) is 0 Å². The molecule has 0 aromatic rings. The van der Waals surface area contributed by atoms with Gasteiger partial charge in [-0.25, -0.2) is 0 Å². The summed E-state index contributed by atoms with van der Waals surface area (Å²) in [4.78, 5) is 0. The minimum atomic E-state index is 0.449. The maximum absolute atomic E-state index is 2.80. The van der Waals surface area contributed by atoms with Crippen LogP contribution in [0.2, 0.25) is 0 Å². The summed E-state index contributed by atoms with van der Waals surface area (Å²) in [7, 11) is 0. The Morgan fingerprint density at radius 2 is 1.79 bits per heavy atom. The van der Waals surface area contributed by atoms with E-state index in [0.29, 0.717) is 21.7 Å². The first-order valence-electron chi connectivity index (χ1n) is 12.9. The molecule has 0 amide bonds. The van der Waals surface area contributed by atoms with Crippen molar-refractivity contribution in [3.63, 3.8) is 0 Å². The summed E-state index contributed by atoms with van der Waals surface area (Å²) in [5, 5.41) is 0.